The minimum Gasteiger partial charge on any atom is -0.870 e. The molecule has 0 aromatic rings. The smallest absolute Gasteiger partial charge is 0.870 e. The van der Waals surface area contributed by atoms with Crippen LogP contribution in [0.15, 0.2) is 47.6 Å². The van der Waals surface area contributed by atoms with Crippen molar-refractivity contribution in [2.24, 2.45) is 47.3 Å². The van der Waals surface area contributed by atoms with Crippen LogP contribution >= 0.6 is 0 Å². The van der Waals surface area contributed by atoms with Crippen molar-refractivity contribution in [1.29, 1.82) is 0 Å². The Bertz CT molecular complexity index is 1570. The number of rotatable bonds is 16. The number of carbonyl (C=O) groups is 4. The van der Waals surface area contributed by atoms with Gasteiger partial charge < -0.3 is 55.1 Å². The Morgan fingerprint density at radius 3 is 1.68 bits per heavy atom. The molecule has 0 radical (unpaired) electrons. The quantitative estimate of drug-likeness (QED) is 0.0630. The van der Waals surface area contributed by atoms with Gasteiger partial charge in [-0.2, -0.15) is 0 Å². The van der Waals surface area contributed by atoms with E-state index in [2.05, 4.69) is 26.0 Å². The number of cyclic esters (lactones) is 1. The van der Waals surface area contributed by atoms with Crippen molar-refractivity contribution >= 4 is 23.9 Å². The normalized spacial score (nSPS) is 32.9. The molecule has 0 unspecified atom stereocenters. The first-order valence-corrected chi connectivity index (χ1v) is 21.9. The number of allylic oxidation sites excluding steroid dienone is 4. The van der Waals surface area contributed by atoms with E-state index in [1.807, 2.05) is 52.0 Å². The van der Waals surface area contributed by atoms with E-state index in [1.54, 1.807) is 0 Å². The van der Waals surface area contributed by atoms with Crippen LogP contribution in [0.4, 0.5) is 0 Å². The van der Waals surface area contributed by atoms with Crippen LogP contribution in [-0.2, 0) is 33.4 Å². The maximum Gasteiger partial charge on any atom is 1.00 e. The summed E-state index contributed by atoms with van der Waals surface area (Å²) in [5, 5.41) is 61.0. The van der Waals surface area contributed by atoms with E-state index in [0.717, 1.165) is 24.0 Å². The third-order valence-electron chi connectivity index (χ3n) is 13.1. The molecule has 16 atom stereocenters. The van der Waals surface area contributed by atoms with Crippen LogP contribution in [0.3, 0.4) is 0 Å². The number of carboxylic acids is 1. The van der Waals surface area contributed by atoms with E-state index in [-0.39, 0.29) is 199 Å². The first-order valence-electron chi connectivity index (χ1n) is 21.9. The average Bonchev–Trinajstić information content (AvgIpc) is 3.16. The van der Waals surface area contributed by atoms with Gasteiger partial charge in [-0.25, -0.2) is 0 Å². The Balaban J connectivity index is 0.000000592. The molecule has 0 saturated carbocycles. The number of hydrogen-bond acceptors (Lipinski definition) is 14. The fraction of sp³-hybridized carbons (Fsp3) is 0.739. The van der Waals surface area contributed by atoms with Crippen LogP contribution in [0.2, 0.25) is 0 Å². The zero-order valence-corrected chi connectivity index (χ0v) is 44.4. The zero-order chi connectivity index (χ0) is 43.6. The number of carbonyl (C=O) groups excluding carboxylic acids is 4. The maximum absolute atomic E-state index is 12.5. The SMILES string of the molecule is CC[C@H](C)C(=O)O[C@H]1C[C@@H](O)C=C2C=C[C@H](C)[C@H](CC[C@@H](O)C[C@@H](O)CC(=O)[O-])[C@H]21.CC[C@H](C)C(=O)O[C@H]1C[C@@H](O)C=C2C=C[C@H](C)[C@H](CC[C@@H]3C[C@@H](O)CC(=O)O3)[C@H]21.[K+].[K+].[OH-]. The summed E-state index contributed by atoms with van der Waals surface area (Å²) in [7, 11) is 0. The molecule has 0 bridgehead atoms. The summed E-state index contributed by atoms with van der Waals surface area (Å²) in [6, 6.07) is 0. The topological polar surface area (TPSA) is 250 Å². The monoisotopic (exact) mass is 924 g/mol. The van der Waals surface area contributed by atoms with Crippen molar-refractivity contribution < 1.29 is 172 Å². The molecule has 62 heavy (non-hydrogen) atoms. The molecule has 5 rings (SSSR count). The molecular weight excluding hydrogens is 855 g/mol. The number of ether oxygens (including phenoxy) is 3. The summed E-state index contributed by atoms with van der Waals surface area (Å²) in [6.07, 6.45) is 11.6. The number of aliphatic hydroxyl groups excluding tert-OH is 5. The average molecular weight is 925 g/mol. The molecule has 6 N–H and O–H groups in total. The minimum atomic E-state index is -1.35. The van der Waals surface area contributed by atoms with Gasteiger partial charge in [0.15, 0.2) is 0 Å². The molecule has 1 fully saturated rings. The van der Waals surface area contributed by atoms with Crippen molar-refractivity contribution in [2.45, 2.75) is 167 Å². The van der Waals surface area contributed by atoms with Crippen LogP contribution in [0.5, 0.6) is 0 Å². The number of aliphatic hydroxyl groups is 5. The summed E-state index contributed by atoms with van der Waals surface area (Å²) in [5.41, 5.74) is 1.97. The van der Waals surface area contributed by atoms with Gasteiger partial charge in [0, 0.05) is 43.5 Å². The first-order chi connectivity index (χ1) is 27.9. The van der Waals surface area contributed by atoms with Crippen molar-refractivity contribution in [3.63, 3.8) is 0 Å². The molecule has 0 amide bonds. The Labute approximate surface area is 452 Å². The van der Waals surface area contributed by atoms with Crippen LogP contribution in [0.1, 0.15) is 119 Å². The Hall–Kier alpha value is -0.127. The largest absolute Gasteiger partial charge is 1.00 e. The molecule has 340 valence electrons. The summed E-state index contributed by atoms with van der Waals surface area (Å²) >= 11 is 0. The fourth-order valence-electron chi connectivity index (χ4n) is 9.35. The van der Waals surface area contributed by atoms with Crippen molar-refractivity contribution in [1.82, 2.24) is 0 Å². The van der Waals surface area contributed by atoms with E-state index < -0.39 is 49.0 Å². The van der Waals surface area contributed by atoms with E-state index in [1.165, 1.54) is 0 Å². The fourth-order valence-corrected chi connectivity index (χ4v) is 9.35. The molecule has 0 spiro atoms. The van der Waals surface area contributed by atoms with Gasteiger partial charge >= 0.3 is 121 Å². The van der Waals surface area contributed by atoms with Gasteiger partial charge in [-0.15, -0.1) is 0 Å². The summed E-state index contributed by atoms with van der Waals surface area (Å²) in [5.74, 6) is -1.81. The van der Waals surface area contributed by atoms with E-state index >= 15 is 0 Å². The van der Waals surface area contributed by atoms with Crippen molar-refractivity contribution in [2.75, 3.05) is 0 Å². The molecule has 16 heteroatoms. The van der Waals surface area contributed by atoms with Crippen LogP contribution in [0, 0.1) is 47.3 Å². The van der Waals surface area contributed by atoms with Crippen molar-refractivity contribution in [3.05, 3.63) is 47.6 Å². The molecule has 0 aromatic heterocycles. The number of aliphatic carboxylic acids is 1. The second-order valence-corrected chi connectivity index (χ2v) is 17.8. The van der Waals surface area contributed by atoms with Gasteiger partial charge in [-0.1, -0.05) is 78.0 Å². The Morgan fingerprint density at radius 1 is 0.774 bits per heavy atom. The van der Waals surface area contributed by atoms with Gasteiger partial charge in [0.25, 0.3) is 0 Å². The molecule has 1 heterocycles. The van der Waals surface area contributed by atoms with E-state index in [0.29, 0.717) is 44.9 Å². The zero-order valence-electron chi connectivity index (χ0n) is 38.1. The summed E-state index contributed by atoms with van der Waals surface area (Å²) < 4.78 is 17.1. The van der Waals surface area contributed by atoms with Gasteiger partial charge in [-0.05, 0) is 79.8 Å². The van der Waals surface area contributed by atoms with Gasteiger partial charge in [-0.3, -0.25) is 14.4 Å². The number of esters is 3. The molecule has 14 nitrogen and oxygen atoms in total. The summed E-state index contributed by atoms with van der Waals surface area (Å²) in [6.45, 7) is 11.8. The van der Waals surface area contributed by atoms with Crippen LogP contribution in [-0.4, -0.2) is 104 Å². The van der Waals surface area contributed by atoms with Gasteiger partial charge in [0.2, 0.25) is 0 Å². The van der Waals surface area contributed by atoms with Gasteiger partial charge in [0.1, 0.15) is 18.3 Å². The number of hydrogen-bond donors (Lipinski definition) is 5. The molecule has 5 aliphatic rings. The predicted octanol–water partition coefficient (Wildman–Crippen LogP) is -2.14. The van der Waals surface area contributed by atoms with E-state index in [4.69, 9.17) is 14.2 Å². The second kappa shape index (κ2) is 28.9. The van der Waals surface area contributed by atoms with E-state index in [9.17, 15) is 49.8 Å². The Kier molecular flexibility index (Phi) is 27.9. The van der Waals surface area contributed by atoms with Crippen molar-refractivity contribution in [3.8, 4) is 0 Å². The summed E-state index contributed by atoms with van der Waals surface area (Å²) in [4.78, 5) is 47.1. The van der Waals surface area contributed by atoms with Crippen LogP contribution in [0.25, 0.3) is 0 Å². The first kappa shape index (κ1) is 59.9. The predicted molar refractivity (Wildman–Crippen MR) is 218 cm³/mol. The van der Waals surface area contributed by atoms with Gasteiger partial charge in [0.05, 0.1) is 48.8 Å². The number of carboxylic acid groups (broad SMARTS) is 1. The molecule has 4 aliphatic carbocycles. The number of fused-ring (bicyclic) bond motifs is 2. The van der Waals surface area contributed by atoms with Crippen LogP contribution < -0.4 is 108 Å². The molecular formula is C46H70K2O14. The minimum absolute atomic E-state index is 0. The molecule has 1 saturated heterocycles. The third-order valence-corrected chi connectivity index (χ3v) is 13.1. The molecule has 0 aromatic carbocycles. The third kappa shape index (κ3) is 17.8. The standard InChI is InChI=1S/C23H36O7.C23H34O6.2K.H2O/c1-4-13(2)23(29)30-20-11-17(25)9-15-6-5-14(3)19(22(15)20)8-7-16(24)10-18(26)12-21(27)28;1-4-13(2)23(27)29-20-11-16(24)9-15-6-5-14(3)19(22(15)20)8-7-18-10-17(25)12-21(26)28-18;;;/h5-6,9,13-14,16-20,22,24-26H,4,7-8,10-12H2,1-3H3,(H,27,28);5-6,9,13-14,16-20,22,24-25H,4,7-8,10-12H2,1-3H3;;;1H2/q;;2*+1;/p-2/t13-,14-,16+,17-,18+,19-,20-,22-;13-,14-,16-,17+,18+,19-,20-,22-;;;/m00.../s1. The Morgan fingerprint density at radius 2 is 1.24 bits per heavy atom. The molecule has 1 aliphatic heterocycles. The second-order valence-electron chi connectivity index (χ2n) is 17.8. The maximum atomic E-state index is 12.5.